The number of ether oxygens (including phenoxy) is 2. The van der Waals surface area contributed by atoms with Crippen LogP contribution < -0.4 is 0 Å². The van der Waals surface area contributed by atoms with Gasteiger partial charge >= 0.3 is 11.9 Å². The van der Waals surface area contributed by atoms with E-state index in [0.29, 0.717) is 11.5 Å². The highest BCUT2D eigenvalue weighted by atomic mass is 32.1. The number of carbonyl (C=O) groups excluding carboxylic acids is 2. The van der Waals surface area contributed by atoms with Crippen molar-refractivity contribution in [1.29, 1.82) is 0 Å². The minimum Gasteiger partial charge on any atom is -0.465 e. The van der Waals surface area contributed by atoms with E-state index in [9.17, 15) is 9.59 Å². The van der Waals surface area contributed by atoms with Gasteiger partial charge in [0.15, 0.2) is 0 Å². The fourth-order valence-electron chi connectivity index (χ4n) is 1.00. The highest BCUT2D eigenvalue weighted by Gasteiger charge is 2.07. The van der Waals surface area contributed by atoms with Crippen LogP contribution in [0, 0.1) is 0 Å². The summed E-state index contributed by atoms with van der Waals surface area (Å²) in [4.78, 5) is 22.7. The van der Waals surface area contributed by atoms with Gasteiger partial charge in [0, 0.05) is 6.08 Å². The van der Waals surface area contributed by atoms with Crippen molar-refractivity contribution in [2.45, 2.75) is 6.92 Å². The molecule has 0 N–H and O–H groups in total. The smallest absolute Gasteiger partial charge is 0.348 e. The Labute approximate surface area is 97.5 Å². The lowest BCUT2D eigenvalue weighted by Gasteiger charge is -1.93. The van der Waals surface area contributed by atoms with Crippen LogP contribution in [0.3, 0.4) is 0 Å². The van der Waals surface area contributed by atoms with Gasteiger partial charge in [-0.05, 0) is 30.0 Å². The van der Waals surface area contributed by atoms with E-state index in [1.165, 1.54) is 24.5 Å². The quantitative estimate of drug-likeness (QED) is 0.597. The average Bonchev–Trinajstić information content (AvgIpc) is 2.74. The maximum absolute atomic E-state index is 11.1. The predicted octanol–water partition coefficient (Wildman–Crippen LogP) is 2.11. The molecule has 0 amide bonds. The van der Waals surface area contributed by atoms with E-state index >= 15 is 0 Å². The number of thiophene rings is 1. The largest absolute Gasteiger partial charge is 0.465 e. The van der Waals surface area contributed by atoms with Gasteiger partial charge in [-0.1, -0.05) is 0 Å². The van der Waals surface area contributed by atoms with Crippen molar-refractivity contribution >= 4 is 29.4 Å². The van der Waals surface area contributed by atoms with Gasteiger partial charge in [0.25, 0.3) is 0 Å². The minimum absolute atomic E-state index is 0.347. The molecule has 0 saturated carbocycles. The zero-order valence-corrected chi connectivity index (χ0v) is 9.87. The molecule has 0 radical (unpaired) electrons. The Morgan fingerprint density at radius 1 is 1.50 bits per heavy atom. The summed E-state index contributed by atoms with van der Waals surface area (Å²) in [5.41, 5.74) is 0.776. The lowest BCUT2D eigenvalue weighted by atomic mass is 10.3. The van der Waals surface area contributed by atoms with Gasteiger partial charge in [-0.25, -0.2) is 9.59 Å². The maximum Gasteiger partial charge on any atom is 0.348 e. The number of methoxy groups -OCH3 is 1. The van der Waals surface area contributed by atoms with Crippen molar-refractivity contribution in [2.75, 3.05) is 13.7 Å². The number of esters is 2. The molecule has 0 aliphatic carbocycles. The fourth-order valence-corrected chi connectivity index (χ4v) is 1.79. The van der Waals surface area contributed by atoms with E-state index in [1.54, 1.807) is 24.4 Å². The summed E-state index contributed by atoms with van der Waals surface area (Å²) >= 11 is 1.27. The lowest BCUT2D eigenvalue weighted by molar-refractivity contribution is -0.137. The normalized spacial score (nSPS) is 10.4. The van der Waals surface area contributed by atoms with E-state index in [4.69, 9.17) is 4.74 Å². The first-order valence-electron chi connectivity index (χ1n) is 4.69. The first-order valence-corrected chi connectivity index (χ1v) is 5.57. The molecule has 0 aliphatic rings. The second-order valence-electron chi connectivity index (χ2n) is 2.82. The Bertz CT molecular complexity index is 406. The van der Waals surface area contributed by atoms with E-state index in [0.717, 1.165) is 5.56 Å². The second-order valence-corrected chi connectivity index (χ2v) is 3.73. The molecular formula is C11H12O4S. The van der Waals surface area contributed by atoms with Crippen molar-refractivity contribution in [3.05, 3.63) is 28.0 Å². The van der Waals surface area contributed by atoms with Crippen LogP contribution in [-0.2, 0) is 14.3 Å². The Balaban J connectivity index is 2.65. The van der Waals surface area contributed by atoms with Crippen LogP contribution in [0.1, 0.15) is 22.2 Å². The van der Waals surface area contributed by atoms with Gasteiger partial charge in [-0.2, -0.15) is 0 Å². The summed E-state index contributed by atoms with van der Waals surface area (Å²) in [6.45, 7) is 2.09. The molecule has 16 heavy (non-hydrogen) atoms. The molecule has 4 nitrogen and oxygen atoms in total. The summed E-state index contributed by atoms with van der Waals surface area (Å²) in [6.07, 6.45) is 2.92. The Morgan fingerprint density at radius 3 is 2.88 bits per heavy atom. The summed E-state index contributed by atoms with van der Waals surface area (Å²) in [5, 5.41) is 1.77. The van der Waals surface area contributed by atoms with Crippen LogP contribution in [0.25, 0.3) is 6.08 Å². The number of hydrogen-bond acceptors (Lipinski definition) is 5. The van der Waals surface area contributed by atoms with Crippen LogP contribution in [0.5, 0.6) is 0 Å². The summed E-state index contributed by atoms with van der Waals surface area (Å²) in [6, 6.07) is 1.66. The average molecular weight is 240 g/mol. The number of hydrogen-bond donors (Lipinski definition) is 0. The number of rotatable bonds is 4. The highest BCUT2D eigenvalue weighted by Crippen LogP contribution is 2.16. The molecule has 1 aromatic heterocycles. The molecule has 0 bridgehead atoms. The third-order valence-electron chi connectivity index (χ3n) is 1.70. The maximum atomic E-state index is 11.1. The van der Waals surface area contributed by atoms with Crippen LogP contribution in [-0.4, -0.2) is 25.7 Å². The summed E-state index contributed by atoms with van der Waals surface area (Å²) in [5.74, 6) is -0.769. The first-order chi connectivity index (χ1) is 7.67. The van der Waals surface area contributed by atoms with E-state index in [2.05, 4.69) is 4.74 Å². The van der Waals surface area contributed by atoms with Crippen LogP contribution in [0.2, 0.25) is 0 Å². The molecule has 0 unspecified atom stereocenters. The SMILES string of the molecule is CCOC(=O)C=Cc1csc(C(=O)OC)c1. The lowest BCUT2D eigenvalue weighted by Crippen LogP contribution is -1.98. The van der Waals surface area contributed by atoms with Crippen LogP contribution in [0.4, 0.5) is 0 Å². The van der Waals surface area contributed by atoms with E-state index in [1.807, 2.05) is 0 Å². The molecule has 0 spiro atoms. The summed E-state index contributed by atoms with van der Waals surface area (Å²) < 4.78 is 9.29. The monoisotopic (exact) mass is 240 g/mol. The molecule has 0 atom stereocenters. The van der Waals surface area contributed by atoms with Crippen molar-refractivity contribution in [3.8, 4) is 0 Å². The molecule has 1 heterocycles. The molecule has 0 fully saturated rings. The van der Waals surface area contributed by atoms with E-state index in [-0.39, 0.29) is 5.97 Å². The van der Waals surface area contributed by atoms with Crippen molar-refractivity contribution in [1.82, 2.24) is 0 Å². The van der Waals surface area contributed by atoms with Crippen molar-refractivity contribution in [3.63, 3.8) is 0 Å². The Kier molecular flexibility index (Phi) is 4.72. The fraction of sp³-hybridized carbons (Fsp3) is 0.273. The molecule has 1 rings (SSSR count). The molecule has 1 aromatic rings. The zero-order chi connectivity index (χ0) is 12.0. The van der Waals surface area contributed by atoms with Gasteiger partial charge in [0.2, 0.25) is 0 Å². The van der Waals surface area contributed by atoms with E-state index < -0.39 is 5.97 Å². The first kappa shape index (κ1) is 12.4. The van der Waals surface area contributed by atoms with Crippen molar-refractivity contribution < 1.29 is 19.1 Å². The topological polar surface area (TPSA) is 52.6 Å². The molecular weight excluding hydrogens is 228 g/mol. The zero-order valence-electron chi connectivity index (χ0n) is 9.06. The van der Waals surface area contributed by atoms with Gasteiger partial charge < -0.3 is 9.47 Å². The van der Waals surface area contributed by atoms with Gasteiger partial charge in [-0.15, -0.1) is 11.3 Å². The third-order valence-corrected chi connectivity index (χ3v) is 2.63. The minimum atomic E-state index is -0.395. The molecule has 0 aliphatic heterocycles. The van der Waals surface area contributed by atoms with Crippen LogP contribution in [0.15, 0.2) is 17.5 Å². The second kappa shape index (κ2) is 6.07. The molecule has 5 heteroatoms. The standard InChI is InChI=1S/C11H12O4S/c1-3-15-10(12)5-4-8-6-9(16-7-8)11(13)14-2/h4-7H,3H2,1-2H3. The van der Waals surface area contributed by atoms with Gasteiger partial charge in [0.05, 0.1) is 13.7 Å². The van der Waals surface area contributed by atoms with Crippen molar-refractivity contribution in [2.24, 2.45) is 0 Å². The summed E-state index contributed by atoms with van der Waals surface area (Å²) in [7, 11) is 1.33. The van der Waals surface area contributed by atoms with Gasteiger partial charge in [0.1, 0.15) is 4.88 Å². The highest BCUT2D eigenvalue weighted by molar-refractivity contribution is 7.12. The Morgan fingerprint density at radius 2 is 2.25 bits per heavy atom. The molecule has 86 valence electrons. The number of carbonyl (C=O) groups is 2. The van der Waals surface area contributed by atoms with Crippen LogP contribution >= 0.6 is 11.3 Å². The molecule has 0 saturated heterocycles. The molecule has 0 aromatic carbocycles. The predicted molar refractivity (Wildman–Crippen MR) is 61.3 cm³/mol. The van der Waals surface area contributed by atoms with Gasteiger partial charge in [-0.3, -0.25) is 0 Å². The Hall–Kier alpha value is -1.62. The third kappa shape index (κ3) is 3.51.